The average molecular weight is 212 g/mol. The lowest BCUT2D eigenvalue weighted by Crippen LogP contribution is -2.16. The van der Waals surface area contributed by atoms with E-state index in [-0.39, 0.29) is 18.0 Å². The lowest BCUT2D eigenvalue weighted by molar-refractivity contribution is -0.143. The van der Waals surface area contributed by atoms with E-state index in [1.165, 1.54) is 0 Å². The van der Waals surface area contributed by atoms with Gasteiger partial charge >= 0.3 is 11.9 Å². The molecule has 0 aromatic carbocycles. The van der Waals surface area contributed by atoms with Crippen LogP contribution in [0.3, 0.4) is 0 Å². The lowest BCUT2D eigenvalue weighted by Gasteiger charge is -2.12. The highest BCUT2D eigenvalue weighted by atomic mass is 16.5. The quantitative estimate of drug-likeness (QED) is 0.511. The van der Waals surface area contributed by atoms with Gasteiger partial charge in [-0.05, 0) is 26.2 Å². The summed E-state index contributed by atoms with van der Waals surface area (Å²) in [6, 6.07) is 0. The highest BCUT2D eigenvalue weighted by molar-refractivity contribution is 5.81. The Balaban J connectivity index is 2.21. The Morgan fingerprint density at radius 3 is 3.07 bits per heavy atom. The van der Waals surface area contributed by atoms with Gasteiger partial charge in [0.05, 0.1) is 18.6 Å². The summed E-state index contributed by atoms with van der Waals surface area (Å²) in [5.74, 6) is -0.566. The van der Waals surface area contributed by atoms with Crippen LogP contribution < -0.4 is 0 Å². The molecule has 0 aliphatic carbocycles. The zero-order valence-corrected chi connectivity index (χ0v) is 8.90. The van der Waals surface area contributed by atoms with Crippen LogP contribution >= 0.6 is 0 Å². The van der Waals surface area contributed by atoms with Gasteiger partial charge in [-0.25, -0.2) is 4.79 Å². The summed E-state index contributed by atoms with van der Waals surface area (Å²) < 4.78 is 9.82. The molecule has 2 atom stereocenters. The lowest BCUT2D eigenvalue weighted by atomic mass is 10.0. The first-order chi connectivity index (χ1) is 7.13. The minimum absolute atomic E-state index is 0.0186. The maximum atomic E-state index is 11.1. The third-order valence-corrected chi connectivity index (χ3v) is 2.45. The maximum absolute atomic E-state index is 11.1. The fourth-order valence-corrected chi connectivity index (χ4v) is 1.54. The van der Waals surface area contributed by atoms with Crippen LogP contribution in [-0.2, 0) is 19.1 Å². The van der Waals surface area contributed by atoms with Crippen molar-refractivity contribution in [3.05, 3.63) is 12.7 Å². The topological polar surface area (TPSA) is 52.6 Å². The van der Waals surface area contributed by atoms with Gasteiger partial charge in [0.15, 0.2) is 0 Å². The van der Waals surface area contributed by atoms with Crippen LogP contribution in [0.2, 0.25) is 0 Å². The van der Waals surface area contributed by atoms with E-state index in [4.69, 9.17) is 9.47 Å². The Hall–Kier alpha value is -1.32. The van der Waals surface area contributed by atoms with Crippen molar-refractivity contribution < 1.29 is 19.1 Å². The summed E-state index contributed by atoms with van der Waals surface area (Å²) in [4.78, 5) is 22.0. The Bertz CT molecular complexity index is 259. The van der Waals surface area contributed by atoms with Gasteiger partial charge < -0.3 is 9.47 Å². The number of hydrogen-bond donors (Lipinski definition) is 0. The molecule has 0 aromatic rings. The van der Waals surface area contributed by atoms with Crippen LogP contribution in [0.15, 0.2) is 12.7 Å². The number of rotatable bonds is 5. The first-order valence-corrected chi connectivity index (χ1v) is 5.13. The van der Waals surface area contributed by atoms with E-state index in [1.54, 1.807) is 0 Å². The molecule has 84 valence electrons. The van der Waals surface area contributed by atoms with Gasteiger partial charge in [-0.2, -0.15) is 0 Å². The molecule has 1 heterocycles. The van der Waals surface area contributed by atoms with Crippen molar-refractivity contribution in [1.82, 2.24) is 0 Å². The number of esters is 2. The molecule has 0 saturated carbocycles. The van der Waals surface area contributed by atoms with Crippen LogP contribution in [0.1, 0.15) is 26.2 Å². The van der Waals surface area contributed by atoms with Crippen molar-refractivity contribution in [2.24, 2.45) is 5.92 Å². The second-order valence-electron chi connectivity index (χ2n) is 3.68. The zero-order chi connectivity index (χ0) is 11.3. The highest BCUT2D eigenvalue weighted by Crippen LogP contribution is 2.21. The van der Waals surface area contributed by atoms with Crippen molar-refractivity contribution in [2.45, 2.75) is 32.3 Å². The van der Waals surface area contributed by atoms with Gasteiger partial charge in [0.1, 0.15) is 0 Å². The molecule has 2 unspecified atom stereocenters. The number of carbonyl (C=O) groups excluding carboxylic acids is 2. The van der Waals surface area contributed by atoms with E-state index in [0.29, 0.717) is 19.4 Å². The van der Waals surface area contributed by atoms with E-state index in [0.717, 1.165) is 12.5 Å². The van der Waals surface area contributed by atoms with E-state index >= 15 is 0 Å². The average Bonchev–Trinajstić information content (AvgIpc) is 2.61. The summed E-state index contributed by atoms with van der Waals surface area (Å²) in [6.07, 6.45) is 3.13. The van der Waals surface area contributed by atoms with Crippen molar-refractivity contribution in [2.75, 3.05) is 6.61 Å². The van der Waals surface area contributed by atoms with Crippen LogP contribution in [0.5, 0.6) is 0 Å². The van der Waals surface area contributed by atoms with Gasteiger partial charge in [0, 0.05) is 6.08 Å². The van der Waals surface area contributed by atoms with Gasteiger partial charge in [-0.3, -0.25) is 4.79 Å². The molecule has 0 N–H and O–H groups in total. The molecule has 0 aromatic heterocycles. The molecule has 0 bridgehead atoms. The molecular weight excluding hydrogens is 196 g/mol. The van der Waals surface area contributed by atoms with Gasteiger partial charge in [0.2, 0.25) is 0 Å². The van der Waals surface area contributed by atoms with E-state index in [2.05, 4.69) is 6.58 Å². The summed E-state index contributed by atoms with van der Waals surface area (Å²) in [7, 11) is 0. The Morgan fingerprint density at radius 2 is 2.53 bits per heavy atom. The molecule has 1 saturated heterocycles. The predicted molar refractivity (Wildman–Crippen MR) is 54.1 cm³/mol. The minimum Gasteiger partial charge on any atom is -0.465 e. The number of hydrogen-bond acceptors (Lipinski definition) is 4. The molecule has 4 heteroatoms. The van der Waals surface area contributed by atoms with Crippen LogP contribution in [-0.4, -0.2) is 24.6 Å². The first-order valence-electron chi connectivity index (χ1n) is 5.13. The molecule has 4 nitrogen and oxygen atoms in total. The molecule has 1 fully saturated rings. The Morgan fingerprint density at radius 1 is 1.80 bits per heavy atom. The molecule has 15 heavy (non-hydrogen) atoms. The van der Waals surface area contributed by atoms with Crippen molar-refractivity contribution in [3.63, 3.8) is 0 Å². The third-order valence-electron chi connectivity index (χ3n) is 2.45. The van der Waals surface area contributed by atoms with Crippen LogP contribution in [0.25, 0.3) is 0 Å². The highest BCUT2D eigenvalue weighted by Gasteiger charge is 2.26. The van der Waals surface area contributed by atoms with Gasteiger partial charge in [-0.1, -0.05) is 6.58 Å². The monoisotopic (exact) mass is 212 g/mol. The Labute approximate surface area is 89.2 Å². The van der Waals surface area contributed by atoms with Crippen molar-refractivity contribution in [1.29, 1.82) is 0 Å². The number of carbonyl (C=O) groups is 2. The molecule has 1 aliphatic heterocycles. The fraction of sp³-hybridized carbons (Fsp3) is 0.636. The molecule has 0 amide bonds. The number of ether oxygens (including phenoxy) is 2. The second-order valence-corrected chi connectivity index (χ2v) is 3.68. The molecule has 0 spiro atoms. The van der Waals surface area contributed by atoms with Crippen molar-refractivity contribution >= 4 is 11.9 Å². The standard InChI is InChI=1S/C11H16O4/c1-3-10(12)15-8(2)4-5-9-6-7-14-11(9)13/h3,8-9H,1,4-7H2,2H3. The number of cyclic esters (lactones) is 1. The first kappa shape index (κ1) is 11.8. The van der Waals surface area contributed by atoms with Crippen molar-refractivity contribution in [3.8, 4) is 0 Å². The molecule has 1 aliphatic rings. The Kier molecular flexibility index (Phi) is 4.34. The molecule has 0 radical (unpaired) electrons. The van der Waals surface area contributed by atoms with Crippen LogP contribution in [0, 0.1) is 5.92 Å². The van der Waals surface area contributed by atoms with E-state index < -0.39 is 5.97 Å². The predicted octanol–water partition coefficient (Wildman–Crippen LogP) is 1.45. The summed E-state index contributed by atoms with van der Waals surface area (Å²) in [5, 5.41) is 0. The maximum Gasteiger partial charge on any atom is 0.330 e. The van der Waals surface area contributed by atoms with E-state index in [9.17, 15) is 9.59 Å². The largest absolute Gasteiger partial charge is 0.465 e. The molecular formula is C11H16O4. The van der Waals surface area contributed by atoms with Gasteiger partial charge in [0.25, 0.3) is 0 Å². The normalized spacial score (nSPS) is 21.9. The smallest absolute Gasteiger partial charge is 0.330 e. The SMILES string of the molecule is C=CC(=O)OC(C)CCC1CCOC1=O. The zero-order valence-electron chi connectivity index (χ0n) is 8.90. The summed E-state index contributed by atoms with van der Waals surface area (Å²) >= 11 is 0. The minimum atomic E-state index is -0.420. The fourth-order valence-electron chi connectivity index (χ4n) is 1.54. The van der Waals surface area contributed by atoms with Gasteiger partial charge in [-0.15, -0.1) is 0 Å². The van der Waals surface area contributed by atoms with E-state index in [1.807, 2.05) is 6.92 Å². The van der Waals surface area contributed by atoms with Crippen LogP contribution in [0.4, 0.5) is 0 Å². The second kappa shape index (κ2) is 5.53. The molecule has 1 rings (SSSR count). The third kappa shape index (κ3) is 3.73. The summed E-state index contributed by atoms with van der Waals surface area (Å²) in [5.41, 5.74) is 0. The summed E-state index contributed by atoms with van der Waals surface area (Å²) in [6.45, 7) is 5.64.